The third-order valence-corrected chi connectivity index (χ3v) is 3.96. The predicted octanol–water partition coefficient (Wildman–Crippen LogP) is 3.26. The number of amides is 1. The summed E-state index contributed by atoms with van der Waals surface area (Å²) in [4.78, 5) is 19.0. The van der Waals surface area contributed by atoms with E-state index in [1.165, 1.54) is 12.4 Å². The first-order chi connectivity index (χ1) is 15.5. The molecule has 0 radical (unpaired) electrons. The van der Waals surface area contributed by atoms with Gasteiger partial charge >= 0.3 is 6.18 Å². The monoisotopic (exact) mass is 477 g/mol. The number of benzene rings is 1. The maximum Gasteiger partial charge on any atom is 0.405 e. The van der Waals surface area contributed by atoms with Gasteiger partial charge in [0.25, 0.3) is 0 Å². The molecule has 8 nitrogen and oxygen atoms in total. The molecule has 0 saturated heterocycles. The summed E-state index contributed by atoms with van der Waals surface area (Å²) in [5.41, 5.74) is -0.319. The van der Waals surface area contributed by atoms with E-state index in [2.05, 4.69) is 25.7 Å². The van der Waals surface area contributed by atoms with Crippen LogP contribution in [0.15, 0.2) is 30.7 Å². The van der Waals surface area contributed by atoms with Crippen molar-refractivity contribution in [2.45, 2.75) is 19.3 Å². The number of hydrogen-bond donors (Lipinski definition) is 3. The summed E-state index contributed by atoms with van der Waals surface area (Å²) >= 11 is 0. The molecule has 0 spiro atoms. The van der Waals surface area contributed by atoms with Crippen LogP contribution < -0.4 is 16.0 Å². The molecule has 33 heavy (non-hydrogen) atoms. The SMILES string of the molecule is O=C(Cn1cc(Nc2ncc(F)c(NCc3c(F)cc(F)cc3F)n2)cn1)NCC(F)(F)F. The van der Waals surface area contributed by atoms with Gasteiger partial charge in [0, 0.05) is 30.4 Å². The number of anilines is 3. The Kier molecular flexibility index (Phi) is 6.98. The number of nitrogens with one attached hydrogen (secondary N) is 3. The molecule has 3 rings (SSSR count). The predicted molar refractivity (Wildman–Crippen MR) is 100 cm³/mol. The Morgan fingerprint density at radius 2 is 1.73 bits per heavy atom. The average Bonchev–Trinajstić information content (AvgIpc) is 3.14. The van der Waals surface area contributed by atoms with Crippen LogP contribution in [0.5, 0.6) is 0 Å². The quantitative estimate of drug-likeness (QED) is 0.431. The van der Waals surface area contributed by atoms with E-state index in [9.17, 15) is 35.5 Å². The van der Waals surface area contributed by atoms with E-state index < -0.39 is 66.4 Å². The lowest BCUT2D eigenvalue weighted by Gasteiger charge is -2.10. The summed E-state index contributed by atoms with van der Waals surface area (Å²) in [5, 5.41) is 10.5. The van der Waals surface area contributed by atoms with Crippen molar-refractivity contribution in [2.75, 3.05) is 17.2 Å². The van der Waals surface area contributed by atoms with E-state index >= 15 is 0 Å². The second-order valence-electron chi connectivity index (χ2n) is 6.54. The Morgan fingerprint density at radius 1 is 1.03 bits per heavy atom. The van der Waals surface area contributed by atoms with E-state index in [1.54, 1.807) is 5.32 Å². The molecule has 2 heterocycles. The number of alkyl halides is 3. The van der Waals surface area contributed by atoms with Gasteiger partial charge in [-0.3, -0.25) is 9.48 Å². The van der Waals surface area contributed by atoms with Crippen molar-refractivity contribution in [2.24, 2.45) is 0 Å². The molecule has 0 unspecified atom stereocenters. The summed E-state index contributed by atoms with van der Waals surface area (Å²) in [5.74, 6) is -5.90. The third-order valence-electron chi connectivity index (χ3n) is 3.96. The van der Waals surface area contributed by atoms with Gasteiger partial charge in [-0.25, -0.2) is 22.5 Å². The Balaban J connectivity index is 1.63. The third kappa shape index (κ3) is 6.78. The standard InChI is InChI=1S/C18H14F7N7O/c19-9-1-12(20)11(13(21)2-9)4-26-16-14(22)5-27-17(31-16)30-10-3-29-32(6-10)7-15(33)28-8-18(23,24)25/h1-3,5-6H,4,7-8H2,(H,28,33)(H2,26,27,30,31). The first-order valence-corrected chi connectivity index (χ1v) is 9.03. The van der Waals surface area contributed by atoms with E-state index in [0.29, 0.717) is 12.1 Å². The van der Waals surface area contributed by atoms with Crippen molar-refractivity contribution < 1.29 is 35.5 Å². The fourth-order valence-corrected chi connectivity index (χ4v) is 2.51. The first kappa shape index (κ1) is 23.7. The summed E-state index contributed by atoms with van der Waals surface area (Å²) < 4.78 is 91.8. The lowest BCUT2D eigenvalue weighted by Crippen LogP contribution is -2.35. The van der Waals surface area contributed by atoms with Crippen LogP contribution in [0.1, 0.15) is 5.56 Å². The lowest BCUT2D eigenvalue weighted by atomic mass is 10.2. The molecule has 0 aliphatic rings. The van der Waals surface area contributed by atoms with Crippen molar-refractivity contribution in [1.82, 2.24) is 25.1 Å². The molecular formula is C18H14F7N7O. The minimum Gasteiger partial charge on any atom is -0.363 e. The first-order valence-electron chi connectivity index (χ1n) is 9.03. The van der Waals surface area contributed by atoms with E-state index in [0.717, 1.165) is 10.9 Å². The molecule has 0 bridgehead atoms. The molecule has 0 aliphatic carbocycles. The average molecular weight is 477 g/mol. The molecule has 3 N–H and O–H groups in total. The van der Waals surface area contributed by atoms with Gasteiger partial charge in [0.2, 0.25) is 11.9 Å². The summed E-state index contributed by atoms with van der Waals surface area (Å²) in [7, 11) is 0. The van der Waals surface area contributed by atoms with Crippen molar-refractivity contribution in [3.8, 4) is 0 Å². The molecule has 176 valence electrons. The minimum absolute atomic E-state index is 0.167. The summed E-state index contributed by atoms with van der Waals surface area (Å²) in [6.45, 7) is -2.52. The number of carbonyl (C=O) groups is 1. The van der Waals surface area contributed by atoms with Gasteiger partial charge in [0.15, 0.2) is 11.6 Å². The molecule has 2 aromatic heterocycles. The van der Waals surface area contributed by atoms with Crippen LogP contribution in [0.3, 0.4) is 0 Å². The highest BCUT2D eigenvalue weighted by Crippen LogP contribution is 2.20. The maximum absolute atomic E-state index is 14.0. The van der Waals surface area contributed by atoms with Crippen LogP contribution >= 0.6 is 0 Å². The Labute approximate surface area is 180 Å². The largest absolute Gasteiger partial charge is 0.405 e. The van der Waals surface area contributed by atoms with E-state index in [4.69, 9.17) is 0 Å². The zero-order valence-electron chi connectivity index (χ0n) is 16.4. The lowest BCUT2D eigenvalue weighted by molar-refractivity contribution is -0.138. The highest BCUT2D eigenvalue weighted by Gasteiger charge is 2.27. The van der Waals surface area contributed by atoms with E-state index in [-0.39, 0.29) is 11.6 Å². The second kappa shape index (κ2) is 9.70. The van der Waals surface area contributed by atoms with Crippen LogP contribution in [0.4, 0.5) is 48.2 Å². The molecular weight excluding hydrogens is 463 g/mol. The highest BCUT2D eigenvalue weighted by atomic mass is 19.4. The molecule has 15 heteroatoms. The fourth-order valence-electron chi connectivity index (χ4n) is 2.51. The van der Waals surface area contributed by atoms with Crippen molar-refractivity contribution >= 4 is 23.4 Å². The highest BCUT2D eigenvalue weighted by molar-refractivity contribution is 5.75. The molecule has 1 amide bonds. The minimum atomic E-state index is -4.55. The molecule has 0 fully saturated rings. The van der Waals surface area contributed by atoms with Crippen molar-refractivity contribution in [3.05, 3.63) is 59.6 Å². The topological polar surface area (TPSA) is 96.8 Å². The van der Waals surface area contributed by atoms with Crippen molar-refractivity contribution in [1.29, 1.82) is 0 Å². The molecule has 0 atom stereocenters. The Bertz CT molecular complexity index is 1130. The Hall–Kier alpha value is -3.91. The fraction of sp³-hybridized carbons (Fsp3) is 0.222. The van der Waals surface area contributed by atoms with Gasteiger partial charge in [0.05, 0.1) is 18.1 Å². The number of hydrogen-bond acceptors (Lipinski definition) is 6. The molecule has 0 aliphatic heterocycles. The number of nitrogens with zero attached hydrogens (tertiary/aromatic N) is 4. The van der Waals surface area contributed by atoms with Gasteiger partial charge in [0.1, 0.15) is 30.5 Å². The van der Waals surface area contributed by atoms with Crippen LogP contribution in [-0.4, -0.2) is 38.4 Å². The van der Waals surface area contributed by atoms with Crippen LogP contribution in [-0.2, 0) is 17.9 Å². The number of rotatable bonds is 8. The molecule has 0 saturated carbocycles. The smallest absolute Gasteiger partial charge is 0.363 e. The second-order valence-corrected chi connectivity index (χ2v) is 6.54. The summed E-state index contributed by atoms with van der Waals surface area (Å²) in [6.07, 6.45) is -1.31. The normalized spacial score (nSPS) is 11.4. The Morgan fingerprint density at radius 3 is 2.39 bits per heavy atom. The zero-order valence-corrected chi connectivity index (χ0v) is 16.4. The van der Waals surface area contributed by atoms with Gasteiger partial charge < -0.3 is 16.0 Å². The van der Waals surface area contributed by atoms with Crippen LogP contribution in [0.25, 0.3) is 0 Å². The van der Waals surface area contributed by atoms with Crippen molar-refractivity contribution in [3.63, 3.8) is 0 Å². The number of carbonyl (C=O) groups excluding carboxylic acids is 1. The number of halogens is 7. The van der Waals surface area contributed by atoms with Gasteiger partial charge in [-0.2, -0.15) is 23.3 Å². The molecule has 1 aromatic carbocycles. The van der Waals surface area contributed by atoms with Gasteiger partial charge in [-0.15, -0.1) is 0 Å². The number of aromatic nitrogens is 4. The summed E-state index contributed by atoms with van der Waals surface area (Å²) in [6, 6.07) is 0.953. The molecule has 3 aromatic rings. The van der Waals surface area contributed by atoms with Crippen LogP contribution in [0.2, 0.25) is 0 Å². The van der Waals surface area contributed by atoms with Gasteiger partial charge in [-0.1, -0.05) is 0 Å². The van der Waals surface area contributed by atoms with Crippen LogP contribution in [0, 0.1) is 23.3 Å². The van der Waals surface area contributed by atoms with E-state index in [1.807, 2.05) is 0 Å². The zero-order chi connectivity index (χ0) is 24.2. The van der Waals surface area contributed by atoms with Gasteiger partial charge in [-0.05, 0) is 0 Å². The maximum atomic E-state index is 14.0.